The summed E-state index contributed by atoms with van der Waals surface area (Å²) in [6.45, 7) is -0.161. The zero-order chi connectivity index (χ0) is 20.5. The van der Waals surface area contributed by atoms with Gasteiger partial charge in [-0.05, 0) is 17.7 Å². The van der Waals surface area contributed by atoms with E-state index < -0.39 is 35.4 Å². The number of hydrogen-bond donors (Lipinski definition) is 2. The van der Waals surface area contributed by atoms with Gasteiger partial charge in [-0.1, -0.05) is 36.4 Å². The molecule has 0 spiro atoms. The number of anilines is 1. The quantitative estimate of drug-likeness (QED) is 0.786. The van der Waals surface area contributed by atoms with E-state index in [4.69, 9.17) is 0 Å². The molecule has 1 fully saturated rings. The average molecular weight is 392 g/mol. The number of alkyl halides is 3. The number of likely N-dealkylation sites (tertiary alicyclic amines) is 1. The molecule has 2 atom stereocenters. The van der Waals surface area contributed by atoms with E-state index in [1.54, 1.807) is 24.3 Å². The van der Waals surface area contributed by atoms with Crippen molar-refractivity contribution in [2.24, 2.45) is 5.92 Å². The Morgan fingerprint density at radius 3 is 2.61 bits per heavy atom. The van der Waals surface area contributed by atoms with Gasteiger partial charge >= 0.3 is 6.18 Å². The van der Waals surface area contributed by atoms with Crippen LogP contribution in [0, 0.1) is 5.92 Å². The summed E-state index contributed by atoms with van der Waals surface area (Å²) >= 11 is 0. The lowest BCUT2D eigenvalue weighted by atomic mass is 9.87. The highest BCUT2D eigenvalue weighted by Crippen LogP contribution is 2.37. The molecule has 1 heterocycles. The monoisotopic (exact) mass is 392 g/mol. The molecule has 28 heavy (non-hydrogen) atoms. The fourth-order valence-corrected chi connectivity index (χ4v) is 3.43. The third-order valence-electron chi connectivity index (χ3n) is 4.89. The maximum absolute atomic E-state index is 13.1. The molecule has 2 aromatic carbocycles. The number of nitrogens with one attached hydrogen (secondary N) is 1. The lowest BCUT2D eigenvalue weighted by molar-refractivity contribution is -0.137. The lowest BCUT2D eigenvalue weighted by Crippen LogP contribution is -2.33. The van der Waals surface area contributed by atoms with Gasteiger partial charge in [-0.2, -0.15) is 13.2 Å². The van der Waals surface area contributed by atoms with E-state index in [1.807, 2.05) is 0 Å². The van der Waals surface area contributed by atoms with Crippen LogP contribution in [0.1, 0.15) is 22.6 Å². The number of hydrogen-bond acceptors (Lipinski definition) is 3. The highest BCUT2D eigenvalue weighted by Gasteiger charge is 2.45. The molecule has 2 aromatic rings. The number of rotatable bonds is 4. The van der Waals surface area contributed by atoms with E-state index in [-0.39, 0.29) is 18.7 Å². The standard InChI is InChI=1S/C20H19F3N2O3/c1-25-10-15(12-6-4-7-14(9-12)20(21,22)23)17(19(25)28)18(27)24-16-8-3-2-5-13(16)11-26/h2-9,15,17,26H,10-11H2,1H3,(H,24,27). The Morgan fingerprint density at radius 1 is 1.21 bits per heavy atom. The molecular formula is C20H19F3N2O3. The summed E-state index contributed by atoms with van der Waals surface area (Å²) in [6, 6.07) is 11.3. The lowest BCUT2D eigenvalue weighted by Gasteiger charge is -2.19. The van der Waals surface area contributed by atoms with E-state index in [0.717, 1.165) is 12.1 Å². The molecule has 0 aliphatic carbocycles. The molecule has 0 bridgehead atoms. The van der Waals surface area contributed by atoms with Crippen LogP contribution in [0.3, 0.4) is 0 Å². The molecule has 2 unspecified atom stereocenters. The molecule has 1 aliphatic heterocycles. The minimum absolute atomic E-state index is 0.139. The molecule has 2 amide bonds. The normalized spacial score (nSPS) is 19.8. The predicted octanol–water partition coefficient (Wildman–Crippen LogP) is 3.01. The van der Waals surface area contributed by atoms with Gasteiger partial charge in [-0.15, -0.1) is 0 Å². The summed E-state index contributed by atoms with van der Waals surface area (Å²) in [5.41, 5.74) is 0.297. The van der Waals surface area contributed by atoms with Crippen LogP contribution in [-0.2, 0) is 22.4 Å². The topological polar surface area (TPSA) is 69.6 Å². The maximum atomic E-state index is 13.1. The SMILES string of the molecule is CN1CC(c2cccc(C(F)(F)F)c2)C(C(=O)Nc2ccccc2CO)C1=O. The molecule has 0 aromatic heterocycles. The number of nitrogens with zero attached hydrogens (tertiary/aromatic N) is 1. The van der Waals surface area contributed by atoms with Gasteiger partial charge in [-0.25, -0.2) is 0 Å². The van der Waals surface area contributed by atoms with Crippen LogP contribution in [0.15, 0.2) is 48.5 Å². The fourth-order valence-electron chi connectivity index (χ4n) is 3.43. The van der Waals surface area contributed by atoms with Gasteiger partial charge < -0.3 is 15.3 Å². The van der Waals surface area contributed by atoms with Crippen molar-refractivity contribution in [1.29, 1.82) is 0 Å². The second-order valence-electron chi connectivity index (χ2n) is 6.73. The second kappa shape index (κ2) is 7.63. The first-order valence-corrected chi connectivity index (χ1v) is 8.64. The number of amides is 2. The Balaban J connectivity index is 1.92. The number of halogens is 3. The maximum Gasteiger partial charge on any atom is 0.416 e. The molecule has 3 rings (SSSR count). The van der Waals surface area contributed by atoms with Crippen LogP contribution in [0.2, 0.25) is 0 Å². The minimum Gasteiger partial charge on any atom is -0.392 e. The summed E-state index contributed by atoms with van der Waals surface area (Å²) in [4.78, 5) is 26.7. The smallest absolute Gasteiger partial charge is 0.392 e. The van der Waals surface area contributed by atoms with Crippen LogP contribution < -0.4 is 5.32 Å². The van der Waals surface area contributed by atoms with Crippen molar-refractivity contribution >= 4 is 17.5 Å². The van der Waals surface area contributed by atoms with E-state index in [0.29, 0.717) is 11.3 Å². The van der Waals surface area contributed by atoms with Crippen molar-refractivity contribution in [3.63, 3.8) is 0 Å². The number of aliphatic hydroxyl groups is 1. The zero-order valence-corrected chi connectivity index (χ0v) is 15.0. The Bertz CT molecular complexity index is 898. The van der Waals surface area contributed by atoms with Crippen molar-refractivity contribution in [1.82, 2.24) is 4.90 Å². The van der Waals surface area contributed by atoms with E-state index in [2.05, 4.69) is 5.32 Å². The van der Waals surface area contributed by atoms with Crippen molar-refractivity contribution in [2.45, 2.75) is 18.7 Å². The van der Waals surface area contributed by atoms with E-state index in [9.17, 15) is 27.9 Å². The first kappa shape index (κ1) is 19.9. The number of aliphatic hydroxyl groups excluding tert-OH is 1. The van der Waals surface area contributed by atoms with Crippen LogP contribution >= 0.6 is 0 Å². The Morgan fingerprint density at radius 2 is 1.93 bits per heavy atom. The van der Waals surface area contributed by atoms with Gasteiger partial charge in [0.15, 0.2) is 0 Å². The van der Waals surface area contributed by atoms with Gasteiger partial charge in [0.1, 0.15) is 5.92 Å². The third-order valence-corrected chi connectivity index (χ3v) is 4.89. The summed E-state index contributed by atoms with van der Waals surface area (Å²) in [5, 5.41) is 12.0. The van der Waals surface area contributed by atoms with Gasteiger partial charge in [0.05, 0.1) is 12.2 Å². The molecule has 1 saturated heterocycles. The average Bonchev–Trinajstić information content (AvgIpc) is 2.96. The molecule has 1 aliphatic rings. The summed E-state index contributed by atoms with van der Waals surface area (Å²) in [5.74, 6) is -2.93. The summed E-state index contributed by atoms with van der Waals surface area (Å²) < 4.78 is 39.2. The van der Waals surface area contributed by atoms with Crippen LogP contribution in [0.4, 0.5) is 18.9 Å². The minimum atomic E-state index is -4.51. The largest absolute Gasteiger partial charge is 0.416 e. The van der Waals surface area contributed by atoms with Gasteiger partial charge in [0.2, 0.25) is 11.8 Å². The molecule has 2 N–H and O–H groups in total. The Hall–Kier alpha value is -2.87. The van der Waals surface area contributed by atoms with Gasteiger partial charge in [0.25, 0.3) is 0 Å². The first-order valence-electron chi connectivity index (χ1n) is 8.64. The molecule has 148 valence electrons. The van der Waals surface area contributed by atoms with Crippen LogP contribution in [-0.4, -0.2) is 35.4 Å². The molecule has 0 radical (unpaired) electrons. The molecule has 0 saturated carbocycles. The van der Waals surface area contributed by atoms with Crippen molar-refractivity contribution in [3.8, 4) is 0 Å². The Labute approximate surface area is 159 Å². The first-order chi connectivity index (χ1) is 13.2. The van der Waals surface area contributed by atoms with Crippen LogP contribution in [0.25, 0.3) is 0 Å². The van der Waals surface area contributed by atoms with E-state index >= 15 is 0 Å². The molecule has 8 heteroatoms. The van der Waals surface area contributed by atoms with Gasteiger partial charge in [-0.3, -0.25) is 9.59 Å². The summed E-state index contributed by atoms with van der Waals surface area (Å²) in [6.07, 6.45) is -4.51. The van der Waals surface area contributed by atoms with Crippen molar-refractivity contribution < 1.29 is 27.9 Å². The van der Waals surface area contributed by atoms with E-state index in [1.165, 1.54) is 24.1 Å². The predicted molar refractivity (Wildman–Crippen MR) is 96.3 cm³/mol. The molecular weight excluding hydrogens is 373 g/mol. The number of carbonyl (C=O) groups excluding carboxylic acids is 2. The number of para-hydroxylation sites is 1. The third kappa shape index (κ3) is 3.87. The van der Waals surface area contributed by atoms with Crippen LogP contribution in [0.5, 0.6) is 0 Å². The summed E-state index contributed by atoms with van der Waals surface area (Å²) in [7, 11) is 1.51. The number of likely N-dealkylation sites (N-methyl/N-ethyl adjacent to an activating group) is 1. The van der Waals surface area contributed by atoms with Crippen molar-refractivity contribution in [3.05, 3.63) is 65.2 Å². The highest BCUT2D eigenvalue weighted by molar-refractivity contribution is 6.08. The second-order valence-corrected chi connectivity index (χ2v) is 6.73. The number of benzene rings is 2. The highest BCUT2D eigenvalue weighted by atomic mass is 19.4. The fraction of sp³-hybridized carbons (Fsp3) is 0.300. The zero-order valence-electron chi connectivity index (χ0n) is 15.0. The number of carbonyl (C=O) groups is 2. The van der Waals surface area contributed by atoms with Gasteiger partial charge in [0, 0.05) is 30.8 Å². The van der Waals surface area contributed by atoms with Crippen molar-refractivity contribution in [2.75, 3.05) is 18.9 Å². The molecule has 5 nitrogen and oxygen atoms in total. The Kier molecular flexibility index (Phi) is 5.42.